The van der Waals surface area contributed by atoms with Gasteiger partial charge >= 0.3 is 0 Å². The summed E-state index contributed by atoms with van der Waals surface area (Å²) in [5.41, 5.74) is 7.65. The number of nitrogens with zero attached hydrogens (tertiary/aromatic N) is 1. The second-order valence-electron chi connectivity index (χ2n) is 5.71. The number of hydrogen-bond acceptors (Lipinski definition) is 3. The summed E-state index contributed by atoms with van der Waals surface area (Å²) in [6.45, 7) is 5.36. The van der Waals surface area contributed by atoms with Crippen LogP contribution >= 0.6 is 27.7 Å². The van der Waals surface area contributed by atoms with Gasteiger partial charge in [-0.15, -0.1) is 11.8 Å². The molecule has 0 atom stereocenters. The van der Waals surface area contributed by atoms with Gasteiger partial charge < -0.3 is 10.6 Å². The van der Waals surface area contributed by atoms with Crippen molar-refractivity contribution in [3.63, 3.8) is 0 Å². The number of halogens is 1. The highest BCUT2D eigenvalue weighted by atomic mass is 79.9. The molecule has 1 aliphatic rings. The summed E-state index contributed by atoms with van der Waals surface area (Å²) in [7, 11) is 0. The van der Waals surface area contributed by atoms with Crippen LogP contribution in [0.2, 0.25) is 0 Å². The quantitative estimate of drug-likeness (QED) is 0.811. The largest absolute Gasteiger partial charge is 0.369 e. The van der Waals surface area contributed by atoms with E-state index in [1.54, 1.807) is 11.8 Å². The van der Waals surface area contributed by atoms with E-state index in [0.29, 0.717) is 31.7 Å². The molecule has 4 nitrogen and oxygen atoms in total. The Morgan fingerprint density at radius 1 is 1.27 bits per heavy atom. The molecule has 2 rings (SSSR count). The maximum atomic E-state index is 12.3. The molecule has 0 radical (unpaired) electrons. The van der Waals surface area contributed by atoms with Crippen LogP contribution in [-0.4, -0.2) is 35.6 Å². The average Bonchev–Trinajstić information content (AvgIpc) is 2.49. The molecule has 2 N–H and O–H groups in total. The van der Waals surface area contributed by atoms with Crippen molar-refractivity contribution in [1.29, 1.82) is 0 Å². The minimum atomic E-state index is -0.248. The van der Waals surface area contributed by atoms with Crippen molar-refractivity contribution < 1.29 is 9.59 Å². The molecular weight excluding hydrogens is 364 g/mol. The van der Waals surface area contributed by atoms with E-state index in [0.717, 1.165) is 9.37 Å². The van der Waals surface area contributed by atoms with Crippen LogP contribution in [0.3, 0.4) is 0 Å². The third-order valence-electron chi connectivity index (χ3n) is 4.06. The highest BCUT2D eigenvalue weighted by molar-refractivity contribution is 9.10. The first-order valence-corrected chi connectivity index (χ1v) is 9.13. The van der Waals surface area contributed by atoms with E-state index < -0.39 is 0 Å². The van der Waals surface area contributed by atoms with Gasteiger partial charge in [-0.25, -0.2) is 0 Å². The lowest BCUT2D eigenvalue weighted by molar-refractivity contribution is -0.132. The molecule has 1 aromatic rings. The van der Waals surface area contributed by atoms with Crippen LogP contribution in [0, 0.1) is 19.8 Å². The summed E-state index contributed by atoms with van der Waals surface area (Å²) >= 11 is 5.09. The summed E-state index contributed by atoms with van der Waals surface area (Å²) in [5.74, 6) is 0.242. The van der Waals surface area contributed by atoms with Crippen LogP contribution in [0.1, 0.15) is 24.0 Å². The minimum Gasteiger partial charge on any atom is -0.369 e. The van der Waals surface area contributed by atoms with Crippen LogP contribution < -0.4 is 5.73 Å². The molecule has 22 heavy (non-hydrogen) atoms. The van der Waals surface area contributed by atoms with Crippen molar-refractivity contribution in [1.82, 2.24) is 4.90 Å². The Kier molecular flexibility index (Phi) is 5.92. The third-order valence-corrected chi connectivity index (χ3v) is 6.05. The molecular formula is C16H21BrN2O2S. The Hall–Kier alpha value is -1.01. The summed E-state index contributed by atoms with van der Waals surface area (Å²) in [6, 6.07) is 4.19. The van der Waals surface area contributed by atoms with Gasteiger partial charge in [-0.2, -0.15) is 0 Å². The van der Waals surface area contributed by atoms with Crippen LogP contribution in [0.5, 0.6) is 0 Å². The number of benzene rings is 1. The monoisotopic (exact) mass is 384 g/mol. The number of amides is 2. The van der Waals surface area contributed by atoms with E-state index in [-0.39, 0.29) is 17.7 Å². The maximum absolute atomic E-state index is 12.3. The van der Waals surface area contributed by atoms with Gasteiger partial charge in [0.2, 0.25) is 11.8 Å². The number of likely N-dealkylation sites (tertiary alicyclic amines) is 1. The van der Waals surface area contributed by atoms with E-state index in [9.17, 15) is 9.59 Å². The first-order chi connectivity index (χ1) is 10.4. The number of carbonyl (C=O) groups excluding carboxylic acids is 2. The summed E-state index contributed by atoms with van der Waals surface area (Å²) in [5, 5.41) is 0. The number of nitrogens with two attached hydrogens (primary N) is 1. The molecule has 1 heterocycles. The Bertz CT molecular complexity index is 584. The normalized spacial score (nSPS) is 15.9. The van der Waals surface area contributed by atoms with Gasteiger partial charge in [-0.05, 0) is 49.9 Å². The number of carbonyl (C=O) groups is 2. The molecule has 120 valence electrons. The molecule has 1 aliphatic heterocycles. The molecule has 0 saturated carbocycles. The van der Waals surface area contributed by atoms with Gasteiger partial charge in [0.25, 0.3) is 0 Å². The van der Waals surface area contributed by atoms with Gasteiger partial charge in [0.15, 0.2) is 0 Å². The van der Waals surface area contributed by atoms with Crippen molar-refractivity contribution >= 4 is 39.5 Å². The highest BCUT2D eigenvalue weighted by Crippen LogP contribution is 2.29. The summed E-state index contributed by atoms with van der Waals surface area (Å²) in [4.78, 5) is 26.4. The third kappa shape index (κ3) is 4.26. The molecule has 0 aromatic heterocycles. The molecule has 0 unspecified atom stereocenters. The Labute approximate surface area is 143 Å². The molecule has 0 spiro atoms. The molecule has 0 bridgehead atoms. The first-order valence-electron chi connectivity index (χ1n) is 7.35. The molecule has 0 aliphatic carbocycles. The van der Waals surface area contributed by atoms with E-state index >= 15 is 0 Å². The number of aryl methyl sites for hydroxylation is 2. The minimum absolute atomic E-state index is 0.0759. The van der Waals surface area contributed by atoms with E-state index in [4.69, 9.17) is 5.73 Å². The van der Waals surface area contributed by atoms with E-state index in [1.165, 1.54) is 11.1 Å². The van der Waals surface area contributed by atoms with Crippen LogP contribution in [0.15, 0.2) is 21.5 Å². The van der Waals surface area contributed by atoms with Gasteiger partial charge in [-0.1, -0.05) is 15.9 Å². The molecule has 1 saturated heterocycles. The first kappa shape index (κ1) is 17.3. The fourth-order valence-corrected chi connectivity index (χ4v) is 4.02. The average molecular weight is 385 g/mol. The van der Waals surface area contributed by atoms with Crippen molar-refractivity contribution in [2.24, 2.45) is 11.7 Å². The Balaban J connectivity index is 1.89. The SMILES string of the molecule is Cc1cc(SCC(=O)N2CCC(C(N)=O)CC2)c(C)cc1Br. The second-order valence-corrected chi connectivity index (χ2v) is 7.58. The number of thioether (sulfide) groups is 1. The van der Waals surface area contributed by atoms with Crippen molar-refractivity contribution in [2.45, 2.75) is 31.6 Å². The summed E-state index contributed by atoms with van der Waals surface area (Å²) < 4.78 is 1.09. The Morgan fingerprint density at radius 3 is 2.50 bits per heavy atom. The van der Waals surface area contributed by atoms with E-state index in [2.05, 4.69) is 35.0 Å². The number of rotatable bonds is 4. The lowest BCUT2D eigenvalue weighted by Gasteiger charge is -2.30. The van der Waals surface area contributed by atoms with Gasteiger partial charge in [0, 0.05) is 28.4 Å². The molecule has 1 fully saturated rings. The topological polar surface area (TPSA) is 63.4 Å². The van der Waals surface area contributed by atoms with E-state index in [1.807, 2.05) is 11.8 Å². The zero-order chi connectivity index (χ0) is 16.3. The second kappa shape index (κ2) is 7.51. The highest BCUT2D eigenvalue weighted by Gasteiger charge is 2.25. The number of primary amides is 1. The van der Waals surface area contributed by atoms with Crippen molar-refractivity contribution in [3.8, 4) is 0 Å². The molecule has 1 aromatic carbocycles. The predicted octanol–water partition coefficient (Wildman–Crippen LogP) is 2.88. The predicted molar refractivity (Wildman–Crippen MR) is 92.8 cm³/mol. The van der Waals surface area contributed by atoms with Gasteiger partial charge in [-0.3, -0.25) is 9.59 Å². The summed E-state index contributed by atoms with van der Waals surface area (Å²) in [6.07, 6.45) is 1.37. The fraction of sp³-hybridized carbons (Fsp3) is 0.500. The number of hydrogen-bond donors (Lipinski definition) is 1. The standard InChI is InChI=1S/C16H21BrN2O2S/c1-10-8-14(11(2)7-13(10)17)22-9-15(20)19-5-3-12(4-6-19)16(18)21/h7-8,12H,3-6,9H2,1-2H3,(H2,18,21). The van der Waals surface area contributed by atoms with Crippen molar-refractivity contribution in [2.75, 3.05) is 18.8 Å². The van der Waals surface area contributed by atoms with Crippen molar-refractivity contribution in [3.05, 3.63) is 27.7 Å². The molecule has 2 amide bonds. The lowest BCUT2D eigenvalue weighted by Crippen LogP contribution is -2.42. The zero-order valence-corrected chi connectivity index (χ0v) is 15.3. The molecule has 6 heteroatoms. The fourth-order valence-electron chi connectivity index (χ4n) is 2.55. The van der Waals surface area contributed by atoms with Gasteiger partial charge in [0.05, 0.1) is 5.75 Å². The van der Waals surface area contributed by atoms with Crippen LogP contribution in [-0.2, 0) is 9.59 Å². The zero-order valence-electron chi connectivity index (χ0n) is 12.9. The van der Waals surface area contributed by atoms with Crippen LogP contribution in [0.25, 0.3) is 0 Å². The maximum Gasteiger partial charge on any atom is 0.232 e. The van der Waals surface area contributed by atoms with Crippen LogP contribution in [0.4, 0.5) is 0 Å². The smallest absolute Gasteiger partial charge is 0.232 e. The number of piperidine rings is 1. The Morgan fingerprint density at radius 2 is 1.91 bits per heavy atom. The van der Waals surface area contributed by atoms with Gasteiger partial charge in [0.1, 0.15) is 0 Å². The lowest BCUT2D eigenvalue weighted by atomic mass is 9.96.